The molecule has 0 bridgehead atoms. The first-order chi connectivity index (χ1) is 11.0. The fourth-order valence-electron chi connectivity index (χ4n) is 3.35. The molecule has 7 nitrogen and oxygen atoms in total. The largest absolute Gasteiger partial charge is 0.324 e. The van der Waals surface area contributed by atoms with E-state index in [1.807, 2.05) is 6.92 Å². The Bertz CT molecular complexity index is 873. The van der Waals surface area contributed by atoms with Gasteiger partial charge in [0, 0.05) is 17.9 Å². The molecule has 2 unspecified atom stereocenters. The number of imidazole rings is 1. The lowest BCUT2D eigenvalue weighted by Crippen LogP contribution is -2.48. The summed E-state index contributed by atoms with van der Waals surface area (Å²) < 4.78 is 0. The van der Waals surface area contributed by atoms with Crippen molar-refractivity contribution < 1.29 is 9.59 Å². The highest BCUT2D eigenvalue weighted by Gasteiger charge is 2.52. The zero-order valence-electron chi connectivity index (χ0n) is 12.5. The van der Waals surface area contributed by atoms with Crippen molar-refractivity contribution in [1.82, 2.24) is 14.9 Å². The highest BCUT2D eigenvalue weighted by molar-refractivity contribution is 8.01. The normalized spacial score (nSPS) is 26.7. The van der Waals surface area contributed by atoms with Crippen molar-refractivity contribution in [3.63, 3.8) is 0 Å². The molecule has 8 heteroatoms. The number of aromatic nitrogens is 2. The van der Waals surface area contributed by atoms with Gasteiger partial charge in [-0.25, -0.2) is 4.79 Å². The number of fused-ring (bicyclic) bond motifs is 2. The summed E-state index contributed by atoms with van der Waals surface area (Å²) in [6, 6.07) is 4.73. The molecule has 0 radical (unpaired) electrons. The fraction of sp³-hybridized carbons (Fsp3) is 0.400. The number of aromatic amines is 2. The maximum absolute atomic E-state index is 12.6. The first-order valence-electron chi connectivity index (χ1n) is 7.45. The van der Waals surface area contributed by atoms with Gasteiger partial charge in [-0.15, -0.1) is 11.8 Å². The summed E-state index contributed by atoms with van der Waals surface area (Å²) in [5.74, 6) is 0.467. The van der Waals surface area contributed by atoms with Gasteiger partial charge in [-0.1, -0.05) is 0 Å². The molecule has 2 fully saturated rings. The van der Waals surface area contributed by atoms with E-state index < -0.39 is 6.04 Å². The van der Waals surface area contributed by atoms with Crippen LogP contribution in [0.1, 0.15) is 19.8 Å². The molecule has 1 aromatic heterocycles. The van der Waals surface area contributed by atoms with Crippen LogP contribution in [0.3, 0.4) is 0 Å². The van der Waals surface area contributed by atoms with E-state index in [4.69, 9.17) is 0 Å². The number of thioether (sulfide) groups is 1. The van der Waals surface area contributed by atoms with E-state index >= 15 is 0 Å². The second-order valence-electron chi connectivity index (χ2n) is 6.09. The minimum absolute atomic E-state index is 0.0445. The topological polar surface area (TPSA) is 98.1 Å². The second kappa shape index (κ2) is 4.89. The number of nitrogens with zero attached hydrogens (tertiary/aromatic N) is 1. The van der Waals surface area contributed by atoms with Crippen LogP contribution in [-0.4, -0.2) is 43.3 Å². The monoisotopic (exact) mass is 332 g/mol. The van der Waals surface area contributed by atoms with Crippen molar-refractivity contribution in [2.24, 2.45) is 0 Å². The van der Waals surface area contributed by atoms with Gasteiger partial charge in [-0.2, -0.15) is 0 Å². The molecule has 2 atom stereocenters. The number of hydrogen-bond acceptors (Lipinski definition) is 4. The predicted molar refractivity (Wildman–Crippen MR) is 88.3 cm³/mol. The van der Waals surface area contributed by atoms with Crippen LogP contribution in [0, 0.1) is 0 Å². The average Bonchev–Trinajstić information content (AvgIpc) is 3.12. The Labute approximate surface area is 135 Å². The quantitative estimate of drug-likeness (QED) is 0.771. The third-order valence-electron chi connectivity index (χ3n) is 4.53. The van der Waals surface area contributed by atoms with Crippen LogP contribution in [0.5, 0.6) is 0 Å². The van der Waals surface area contributed by atoms with Gasteiger partial charge in [0.15, 0.2) is 0 Å². The fourth-order valence-corrected chi connectivity index (χ4v) is 4.78. The zero-order valence-corrected chi connectivity index (χ0v) is 13.3. The molecule has 3 heterocycles. The number of carbonyl (C=O) groups excluding carboxylic acids is 2. The van der Waals surface area contributed by atoms with Gasteiger partial charge >= 0.3 is 5.69 Å². The van der Waals surface area contributed by atoms with E-state index in [0.29, 0.717) is 28.9 Å². The summed E-state index contributed by atoms with van der Waals surface area (Å²) in [5, 5.41) is 2.85. The van der Waals surface area contributed by atoms with Gasteiger partial charge in [-0.3, -0.25) is 9.59 Å². The summed E-state index contributed by atoms with van der Waals surface area (Å²) in [5.41, 5.74) is 1.64. The molecule has 4 rings (SSSR count). The first-order valence-corrected chi connectivity index (χ1v) is 8.44. The Morgan fingerprint density at radius 1 is 1.35 bits per heavy atom. The van der Waals surface area contributed by atoms with Gasteiger partial charge < -0.3 is 20.2 Å². The molecule has 0 saturated carbocycles. The number of H-pyrrole nitrogens is 2. The van der Waals surface area contributed by atoms with Crippen molar-refractivity contribution in [1.29, 1.82) is 0 Å². The minimum atomic E-state index is -0.444. The smallest absolute Gasteiger partial charge is 0.323 e. The number of amides is 2. The Morgan fingerprint density at radius 2 is 2.13 bits per heavy atom. The van der Waals surface area contributed by atoms with Gasteiger partial charge in [-0.05, 0) is 31.5 Å². The molecular weight excluding hydrogens is 316 g/mol. The van der Waals surface area contributed by atoms with Crippen LogP contribution < -0.4 is 11.0 Å². The molecule has 3 N–H and O–H groups in total. The zero-order chi connectivity index (χ0) is 16.2. The summed E-state index contributed by atoms with van der Waals surface area (Å²) >= 11 is 1.66. The Hall–Kier alpha value is -2.22. The van der Waals surface area contributed by atoms with Crippen LogP contribution in [0.25, 0.3) is 11.0 Å². The van der Waals surface area contributed by atoms with Gasteiger partial charge in [0.1, 0.15) is 6.04 Å². The molecule has 120 valence electrons. The predicted octanol–water partition coefficient (Wildman–Crippen LogP) is 1.25. The Kier molecular flexibility index (Phi) is 3.06. The van der Waals surface area contributed by atoms with Gasteiger partial charge in [0.2, 0.25) is 11.8 Å². The number of rotatable bonds is 2. The number of carbonyl (C=O) groups is 2. The van der Waals surface area contributed by atoms with Crippen molar-refractivity contribution in [2.75, 3.05) is 11.1 Å². The molecule has 0 spiro atoms. The number of anilines is 1. The lowest BCUT2D eigenvalue weighted by Gasteiger charge is -2.29. The standard InChI is InChI=1S/C15H16N4O3S/c1-15-5-4-12(20)19(15)11(7-23-15)13(21)16-8-2-3-9-10(6-8)18-14(22)17-9/h2-3,6,11H,4-5,7H2,1H3,(H,16,21)(H2,17,18,22). The summed E-state index contributed by atoms with van der Waals surface area (Å²) in [6.45, 7) is 2.02. The second-order valence-corrected chi connectivity index (χ2v) is 7.60. The van der Waals surface area contributed by atoms with Crippen LogP contribution in [0.4, 0.5) is 5.69 Å². The molecule has 2 saturated heterocycles. The number of nitrogens with one attached hydrogen (secondary N) is 3. The van der Waals surface area contributed by atoms with Crippen molar-refractivity contribution in [3.05, 3.63) is 28.7 Å². The van der Waals surface area contributed by atoms with E-state index in [-0.39, 0.29) is 22.4 Å². The molecule has 0 aliphatic carbocycles. The molecule has 1 aromatic carbocycles. The van der Waals surface area contributed by atoms with Gasteiger partial charge in [0.05, 0.1) is 15.9 Å². The number of benzene rings is 1. The molecule has 23 heavy (non-hydrogen) atoms. The van der Waals surface area contributed by atoms with E-state index in [0.717, 1.165) is 6.42 Å². The first kappa shape index (κ1) is 14.4. The Morgan fingerprint density at radius 3 is 2.96 bits per heavy atom. The lowest BCUT2D eigenvalue weighted by atomic mass is 10.2. The van der Waals surface area contributed by atoms with Crippen LogP contribution in [0.2, 0.25) is 0 Å². The van der Waals surface area contributed by atoms with Crippen LogP contribution >= 0.6 is 11.8 Å². The summed E-state index contributed by atoms with van der Waals surface area (Å²) in [6.07, 6.45) is 1.29. The average molecular weight is 332 g/mol. The summed E-state index contributed by atoms with van der Waals surface area (Å²) in [4.78, 5) is 42.8. The minimum Gasteiger partial charge on any atom is -0.324 e. The number of hydrogen-bond donors (Lipinski definition) is 3. The maximum Gasteiger partial charge on any atom is 0.323 e. The molecule has 2 aromatic rings. The van der Waals surface area contributed by atoms with E-state index in [9.17, 15) is 14.4 Å². The molecule has 2 aliphatic heterocycles. The highest BCUT2D eigenvalue weighted by Crippen LogP contribution is 2.47. The van der Waals surface area contributed by atoms with Crippen molar-refractivity contribution in [3.8, 4) is 0 Å². The van der Waals surface area contributed by atoms with Crippen molar-refractivity contribution >= 4 is 40.3 Å². The van der Waals surface area contributed by atoms with E-state index in [1.165, 1.54) is 0 Å². The lowest BCUT2D eigenvalue weighted by molar-refractivity contribution is -0.135. The third-order valence-corrected chi connectivity index (χ3v) is 6.04. The molecule has 2 amide bonds. The van der Waals surface area contributed by atoms with E-state index in [2.05, 4.69) is 15.3 Å². The van der Waals surface area contributed by atoms with Crippen LogP contribution in [0.15, 0.2) is 23.0 Å². The molecular formula is C15H16N4O3S. The Balaban J connectivity index is 1.57. The SMILES string of the molecule is CC12CCC(=O)N1C(C(=O)Nc1ccc3[nH]c(=O)[nH]c3c1)CS2. The molecule has 2 aliphatic rings. The van der Waals surface area contributed by atoms with E-state index in [1.54, 1.807) is 34.9 Å². The van der Waals surface area contributed by atoms with Gasteiger partial charge in [0.25, 0.3) is 0 Å². The highest BCUT2D eigenvalue weighted by atomic mass is 32.2. The van der Waals surface area contributed by atoms with Crippen LogP contribution in [-0.2, 0) is 9.59 Å². The maximum atomic E-state index is 12.6. The van der Waals surface area contributed by atoms with Crippen molar-refractivity contribution in [2.45, 2.75) is 30.7 Å². The third kappa shape index (κ3) is 2.24. The summed E-state index contributed by atoms with van der Waals surface area (Å²) in [7, 11) is 0.